The number of fused-ring (bicyclic) bond motifs is 9. The summed E-state index contributed by atoms with van der Waals surface area (Å²) in [5.74, 6) is 0. The Hall–Kier alpha value is -4.98. The summed E-state index contributed by atoms with van der Waals surface area (Å²) in [7, 11) is 0. The molecule has 0 aliphatic heterocycles. The molecule has 1 heterocycles. The van der Waals surface area contributed by atoms with E-state index in [0.29, 0.717) is 0 Å². The molecular formula is C42H28S. The quantitative estimate of drug-likeness (QED) is 0.187. The Labute approximate surface area is 255 Å². The van der Waals surface area contributed by atoms with Crippen molar-refractivity contribution in [1.29, 1.82) is 0 Å². The number of aryl methyl sites for hydroxylation is 1. The molecule has 0 saturated carbocycles. The normalized spacial score (nSPS) is 12.8. The predicted molar refractivity (Wildman–Crippen MR) is 188 cm³/mol. The first-order valence-corrected chi connectivity index (χ1v) is 15.9. The topological polar surface area (TPSA) is 0 Å². The molecule has 1 heteroatoms. The number of allylic oxidation sites excluding steroid dienone is 1. The third-order valence-electron chi connectivity index (χ3n) is 9.16. The third-order valence-corrected chi connectivity index (χ3v) is 10.4. The maximum atomic E-state index is 2.46. The zero-order chi connectivity index (χ0) is 28.3. The summed E-state index contributed by atoms with van der Waals surface area (Å²) >= 11 is 1.93. The van der Waals surface area contributed by atoms with Crippen LogP contribution in [-0.4, -0.2) is 0 Å². The Balaban J connectivity index is 1.22. The Kier molecular flexibility index (Phi) is 5.61. The van der Waals surface area contributed by atoms with Crippen LogP contribution in [-0.2, 0) is 6.42 Å². The summed E-state index contributed by atoms with van der Waals surface area (Å²) in [6.45, 7) is 0. The highest BCUT2D eigenvalue weighted by molar-refractivity contribution is 7.26. The molecule has 7 aromatic carbocycles. The average Bonchev–Trinajstić information content (AvgIpc) is 3.48. The molecule has 0 nitrogen and oxygen atoms in total. The van der Waals surface area contributed by atoms with Crippen LogP contribution < -0.4 is 0 Å². The lowest BCUT2D eigenvalue weighted by Gasteiger charge is -2.18. The van der Waals surface area contributed by atoms with Crippen molar-refractivity contribution in [2.24, 2.45) is 0 Å². The molecule has 0 amide bonds. The van der Waals surface area contributed by atoms with E-state index in [1.807, 2.05) is 11.3 Å². The summed E-state index contributed by atoms with van der Waals surface area (Å²) < 4.78 is 2.71. The first-order valence-electron chi connectivity index (χ1n) is 15.1. The highest BCUT2D eigenvalue weighted by Gasteiger charge is 2.17. The van der Waals surface area contributed by atoms with Crippen LogP contribution in [0.5, 0.6) is 0 Å². The fourth-order valence-corrected chi connectivity index (χ4v) is 8.46. The lowest BCUT2D eigenvalue weighted by atomic mass is 9.85. The number of hydrogen-bond acceptors (Lipinski definition) is 1. The Bertz CT molecular complexity index is 2370. The zero-order valence-corrected chi connectivity index (χ0v) is 24.5. The largest absolute Gasteiger partial charge is 0.134 e. The van der Waals surface area contributed by atoms with Crippen LogP contribution in [0.1, 0.15) is 17.5 Å². The summed E-state index contributed by atoms with van der Waals surface area (Å²) in [4.78, 5) is 0. The lowest BCUT2D eigenvalue weighted by Crippen LogP contribution is -1.98. The SMILES string of the molecule is C1=Cc2c(c3cc(-c4cccc5c4sc4c(-c6ccc(-c7ccccc7)cc6)cccc45)ccc3c3ccccc23)CC1. The van der Waals surface area contributed by atoms with E-state index in [4.69, 9.17) is 0 Å². The smallest absolute Gasteiger partial charge is 0.0434 e. The predicted octanol–water partition coefficient (Wildman–Crippen LogP) is 12.3. The van der Waals surface area contributed by atoms with Gasteiger partial charge in [-0.2, -0.15) is 0 Å². The van der Waals surface area contributed by atoms with Gasteiger partial charge in [-0.3, -0.25) is 0 Å². The van der Waals surface area contributed by atoms with Crippen molar-refractivity contribution in [3.05, 3.63) is 151 Å². The van der Waals surface area contributed by atoms with Gasteiger partial charge in [0.1, 0.15) is 0 Å². The molecule has 0 bridgehead atoms. The van der Waals surface area contributed by atoms with Gasteiger partial charge >= 0.3 is 0 Å². The van der Waals surface area contributed by atoms with E-state index >= 15 is 0 Å². The Morgan fingerprint density at radius 2 is 1.00 bits per heavy atom. The molecule has 1 aliphatic rings. The van der Waals surface area contributed by atoms with Gasteiger partial charge in [-0.15, -0.1) is 11.3 Å². The summed E-state index contributed by atoms with van der Waals surface area (Å²) in [5, 5.41) is 8.14. The highest BCUT2D eigenvalue weighted by Crippen LogP contribution is 2.45. The molecule has 0 spiro atoms. The van der Waals surface area contributed by atoms with Crippen LogP contribution in [0.2, 0.25) is 0 Å². The van der Waals surface area contributed by atoms with Gasteiger partial charge in [0.25, 0.3) is 0 Å². The molecule has 202 valence electrons. The highest BCUT2D eigenvalue weighted by atomic mass is 32.1. The molecule has 0 fully saturated rings. The van der Waals surface area contributed by atoms with Gasteiger partial charge in [-0.05, 0) is 85.0 Å². The van der Waals surface area contributed by atoms with Crippen LogP contribution in [0.25, 0.3) is 81.2 Å². The summed E-state index contributed by atoms with van der Waals surface area (Å²) in [6, 6.07) is 49.3. The fraction of sp³-hybridized carbons (Fsp3) is 0.0476. The van der Waals surface area contributed by atoms with Crippen molar-refractivity contribution >= 4 is 59.1 Å². The Morgan fingerprint density at radius 3 is 1.77 bits per heavy atom. The van der Waals surface area contributed by atoms with Crippen LogP contribution in [0.15, 0.2) is 140 Å². The molecule has 1 aromatic heterocycles. The molecule has 0 atom stereocenters. The third kappa shape index (κ3) is 3.89. The van der Waals surface area contributed by atoms with Crippen LogP contribution in [0.4, 0.5) is 0 Å². The van der Waals surface area contributed by atoms with Crippen molar-refractivity contribution in [1.82, 2.24) is 0 Å². The van der Waals surface area contributed by atoms with E-state index in [1.54, 1.807) is 0 Å². The van der Waals surface area contributed by atoms with Gasteiger partial charge in [0, 0.05) is 20.2 Å². The van der Waals surface area contributed by atoms with Crippen molar-refractivity contribution in [2.75, 3.05) is 0 Å². The van der Waals surface area contributed by atoms with Gasteiger partial charge in [0.2, 0.25) is 0 Å². The van der Waals surface area contributed by atoms with Gasteiger partial charge in [-0.1, -0.05) is 140 Å². The second kappa shape index (κ2) is 9.80. The first kappa shape index (κ1) is 24.6. The van der Waals surface area contributed by atoms with Crippen molar-refractivity contribution in [3.8, 4) is 33.4 Å². The number of hydrogen-bond donors (Lipinski definition) is 0. The van der Waals surface area contributed by atoms with Crippen molar-refractivity contribution in [2.45, 2.75) is 12.8 Å². The van der Waals surface area contributed by atoms with Crippen LogP contribution in [0.3, 0.4) is 0 Å². The van der Waals surface area contributed by atoms with E-state index in [0.717, 1.165) is 12.8 Å². The van der Waals surface area contributed by atoms with E-state index in [9.17, 15) is 0 Å². The van der Waals surface area contributed by atoms with E-state index in [1.165, 1.54) is 86.2 Å². The molecule has 9 rings (SSSR count). The zero-order valence-electron chi connectivity index (χ0n) is 23.7. The molecule has 8 aromatic rings. The maximum Gasteiger partial charge on any atom is 0.0434 e. The minimum absolute atomic E-state index is 1.09. The average molecular weight is 565 g/mol. The summed E-state index contributed by atoms with van der Waals surface area (Å²) in [5.41, 5.74) is 10.6. The standard InChI is InChI=1S/C42H28S/c1-2-10-27(11-3-1)28-20-22-29(23-21-28)31-16-8-18-38-39-19-9-17-32(42(39)43-41(31)38)30-24-25-37-35-14-5-4-12-33(35)34-13-6-7-15-36(34)40(37)26-30/h1-6,8-14,16-26H,7,15H2. The first-order chi connectivity index (χ1) is 21.3. The fourth-order valence-electron chi connectivity index (χ4n) is 7.09. The number of rotatable bonds is 3. The molecule has 1 aliphatic carbocycles. The number of thiophene rings is 1. The molecule has 43 heavy (non-hydrogen) atoms. The minimum Gasteiger partial charge on any atom is -0.134 e. The summed E-state index contributed by atoms with van der Waals surface area (Å²) in [6.07, 6.45) is 6.87. The van der Waals surface area contributed by atoms with E-state index in [2.05, 4.69) is 146 Å². The van der Waals surface area contributed by atoms with E-state index in [-0.39, 0.29) is 0 Å². The van der Waals surface area contributed by atoms with Gasteiger partial charge < -0.3 is 0 Å². The second-order valence-electron chi connectivity index (χ2n) is 11.5. The number of benzene rings is 7. The molecule has 0 saturated heterocycles. The van der Waals surface area contributed by atoms with Gasteiger partial charge in [0.05, 0.1) is 0 Å². The maximum absolute atomic E-state index is 2.46. The minimum atomic E-state index is 1.09. The van der Waals surface area contributed by atoms with Crippen molar-refractivity contribution < 1.29 is 0 Å². The van der Waals surface area contributed by atoms with Crippen LogP contribution in [0, 0.1) is 0 Å². The van der Waals surface area contributed by atoms with Crippen molar-refractivity contribution in [3.63, 3.8) is 0 Å². The molecule has 0 unspecified atom stereocenters. The lowest BCUT2D eigenvalue weighted by molar-refractivity contribution is 1.00. The van der Waals surface area contributed by atoms with E-state index < -0.39 is 0 Å². The van der Waals surface area contributed by atoms with Gasteiger partial charge in [-0.25, -0.2) is 0 Å². The van der Waals surface area contributed by atoms with Crippen LogP contribution >= 0.6 is 11.3 Å². The monoisotopic (exact) mass is 564 g/mol. The Morgan fingerprint density at radius 1 is 0.419 bits per heavy atom. The molecule has 0 radical (unpaired) electrons. The van der Waals surface area contributed by atoms with Gasteiger partial charge in [0.15, 0.2) is 0 Å². The molecule has 0 N–H and O–H groups in total. The second-order valence-corrected chi connectivity index (χ2v) is 12.6. The molecular weight excluding hydrogens is 537 g/mol.